The predicted molar refractivity (Wildman–Crippen MR) is 108 cm³/mol. The number of anilines is 1. The Morgan fingerprint density at radius 2 is 2.00 bits per heavy atom. The Balaban J connectivity index is 1.70. The van der Waals surface area contributed by atoms with Gasteiger partial charge in [-0.3, -0.25) is 0 Å². The first kappa shape index (κ1) is 19.1. The Labute approximate surface area is 156 Å². The minimum atomic E-state index is -1.03. The van der Waals surface area contributed by atoms with E-state index in [0.29, 0.717) is 17.4 Å². The highest BCUT2D eigenvalue weighted by Crippen LogP contribution is 2.25. The number of benzene rings is 1. The lowest BCUT2D eigenvalue weighted by atomic mass is 10.0. The standard InChI is InChI=1S/C21H32N4O/c1-3-17(25-11-5-4-6-12-25)9-10-23-21-18(20(22)26)14-16-13-15(2)7-8-19(16)24-21/h7-8,13-14,17,20,26H,3-6,9-12,22H2,1-2H3,(H,23,24). The summed E-state index contributed by atoms with van der Waals surface area (Å²) in [5, 5.41) is 14.4. The van der Waals surface area contributed by atoms with E-state index < -0.39 is 6.23 Å². The van der Waals surface area contributed by atoms with Crippen molar-refractivity contribution in [3.63, 3.8) is 0 Å². The second-order valence-corrected chi connectivity index (χ2v) is 7.44. The number of aryl methyl sites for hydroxylation is 1. The number of nitrogens with zero attached hydrogens (tertiary/aromatic N) is 2. The fourth-order valence-electron chi connectivity index (χ4n) is 3.96. The van der Waals surface area contributed by atoms with Crippen LogP contribution in [0.15, 0.2) is 24.3 Å². The third-order valence-corrected chi connectivity index (χ3v) is 5.47. The number of hydrogen-bond acceptors (Lipinski definition) is 5. The third kappa shape index (κ3) is 4.53. The number of fused-ring (bicyclic) bond motifs is 1. The van der Waals surface area contributed by atoms with Gasteiger partial charge in [-0.25, -0.2) is 4.98 Å². The highest BCUT2D eigenvalue weighted by Gasteiger charge is 2.19. The first-order valence-corrected chi connectivity index (χ1v) is 9.91. The van der Waals surface area contributed by atoms with Crippen LogP contribution < -0.4 is 11.1 Å². The van der Waals surface area contributed by atoms with Crippen molar-refractivity contribution in [3.05, 3.63) is 35.4 Å². The van der Waals surface area contributed by atoms with Gasteiger partial charge < -0.3 is 21.1 Å². The maximum Gasteiger partial charge on any atom is 0.133 e. The smallest absolute Gasteiger partial charge is 0.133 e. The van der Waals surface area contributed by atoms with Crippen LogP contribution in [0.2, 0.25) is 0 Å². The van der Waals surface area contributed by atoms with Gasteiger partial charge in [-0.15, -0.1) is 0 Å². The summed E-state index contributed by atoms with van der Waals surface area (Å²) in [6, 6.07) is 8.70. The molecule has 1 aliphatic rings. The third-order valence-electron chi connectivity index (χ3n) is 5.47. The highest BCUT2D eigenvalue weighted by molar-refractivity contribution is 5.82. The SMILES string of the molecule is CCC(CCNc1nc2ccc(C)cc2cc1C(N)O)N1CCCCC1. The number of aliphatic hydroxyl groups is 1. The molecule has 26 heavy (non-hydrogen) atoms. The Kier molecular flexibility index (Phi) is 6.46. The van der Waals surface area contributed by atoms with Crippen LogP contribution in [0.25, 0.3) is 10.9 Å². The molecular weight excluding hydrogens is 324 g/mol. The Bertz CT molecular complexity index is 725. The van der Waals surface area contributed by atoms with Crippen LogP contribution in [0.5, 0.6) is 0 Å². The normalized spacial score (nSPS) is 18.0. The van der Waals surface area contributed by atoms with E-state index in [1.54, 1.807) is 0 Å². The maximum absolute atomic E-state index is 9.98. The van der Waals surface area contributed by atoms with Gasteiger partial charge >= 0.3 is 0 Å². The average Bonchev–Trinajstić information content (AvgIpc) is 2.65. The van der Waals surface area contributed by atoms with Crippen LogP contribution in [0, 0.1) is 6.92 Å². The molecule has 1 saturated heterocycles. The van der Waals surface area contributed by atoms with Crippen molar-refractivity contribution in [1.82, 2.24) is 9.88 Å². The van der Waals surface area contributed by atoms with Gasteiger partial charge in [0, 0.05) is 23.5 Å². The van der Waals surface area contributed by atoms with Crippen molar-refractivity contribution in [2.75, 3.05) is 25.0 Å². The first-order chi connectivity index (χ1) is 12.6. The van der Waals surface area contributed by atoms with Gasteiger partial charge in [-0.1, -0.05) is 25.0 Å². The number of aromatic nitrogens is 1. The van der Waals surface area contributed by atoms with Gasteiger partial charge in [0.25, 0.3) is 0 Å². The molecule has 4 N–H and O–H groups in total. The van der Waals surface area contributed by atoms with Crippen molar-refractivity contribution in [1.29, 1.82) is 0 Å². The molecule has 1 aliphatic heterocycles. The van der Waals surface area contributed by atoms with E-state index >= 15 is 0 Å². The molecule has 0 bridgehead atoms. The maximum atomic E-state index is 9.98. The largest absolute Gasteiger partial charge is 0.374 e. The number of hydrogen-bond donors (Lipinski definition) is 3. The molecular formula is C21H32N4O. The van der Waals surface area contributed by atoms with Gasteiger partial charge in [0.1, 0.15) is 12.0 Å². The molecule has 0 spiro atoms. The number of piperidine rings is 1. The number of nitrogens with two attached hydrogens (primary N) is 1. The van der Waals surface area contributed by atoms with E-state index in [-0.39, 0.29) is 0 Å². The van der Waals surface area contributed by atoms with E-state index in [0.717, 1.165) is 23.9 Å². The summed E-state index contributed by atoms with van der Waals surface area (Å²) in [7, 11) is 0. The first-order valence-electron chi connectivity index (χ1n) is 9.91. The van der Waals surface area contributed by atoms with Gasteiger partial charge in [-0.2, -0.15) is 0 Å². The summed E-state index contributed by atoms with van der Waals surface area (Å²) in [5.74, 6) is 0.699. The topological polar surface area (TPSA) is 74.4 Å². The fraction of sp³-hybridized carbons (Fsp3) is 0.571. The molecule has 142 valence electrons. The van der Waals surface area contributed by atoms with Crippen LogP contribution in [0.1, 0.15) is 56.4 Å². The monoisotopic (exact) mass is 356 g/mol. The minimum Gasteiger partial charge on any atom is -0.374 e. The molecule has 3 rings (SSSR count). The fourth-order valence-corrected chi connectivity index (χ4v) is 3.96. The van der Waals surface area contributed by atoms with Crippen molar-refractivity contribution in [3.8, 4) is 0 Å². The molecule has 2 unspecified atom stereocenters. The molecule has 0 aliphatic carbocycles. The van der Waals surface area contributed by atoms with Crippen LogP contribution in [0.3, 0.4) is 0 Å². The van der Waals surface area contributed by atoms with E-state index in [1.807, 2.05) is 12.1 Å². The molecule has 2 heterocycles. The molecule has 5 heteroatoms. The Hall–Kier alpha value is -1.69. The van der Waals surface area contributed by atoms with E-state index in [9.17, 15) is 5.11 Å². The zero-order valence-electron chi connectivity index (χ0n) is 16.0. The number of aliphatic hydroxyl groups excluding tert-OH is 1. The molecule has 5 nitrogen and oxygen atoms in total. The molecule has 0 radical (unpaired) electrons. The van der Waals surface area contributed by atoms with E-state index in [2.05, 4.69) is 36.2 Å². The van der Waals surface area contributed by atoms with E-state index in [1.165, 1.54) is 44.3 Å². The van der Waals surface area contributed by atoms with Crippen molar-refractivity contribution >= 4 is 16.7 Å². The van der Waals surface area contributed by atoms with Crippen LogP contribution in [-0.2, 0) is 0 Å². The second kappa shape index (κ2) is 8.80. The van der Waals surface area contributed by atoms with Crippen molar-refractivity contribution in [2.45, 2.75) is 58.2 Å². The molecule has 0 amide bonds. The average molecular weight is 357 g/mol. The quantitative estimate of drug-likeness (QED) is 0.662. The van der Waals surface area contributed by atoms with E-state index in [4.69, 9.17) is 10.7 Å². The second-order valence-electron chi connectivity index (χ2n) is 7.44. The van der Waals surface area contributed by atoms with Gasteiger partial charge in [-0.05, 0) is 63.9 Å². The molecule has 2 atom stereocenters. The predicted octanol–water partition coefficient (Wildman–Crippen LogP) is 3.56. The summed E-state index contributed by atoms with van der Waals surface area (Å²) in [6.45, 7) is 7.59. The van der Waals surface area contributed by atoms with Gasteiger partial charge in [0.2, 0.25) is 0 Å². The summed E-state index contributed by atoms with van der Waals surface area (Å²) in [6.07, 6.45) is 5.21. The zero-order chi connectivity index (χ0) is 18.5. The van der Waals surface area contributed by atoms with Gasteiger partial charge in [0.15, 0.2) is 0 Å². The Morgan fingerprint density at radius 1 is 1.23 bits per heavy atom. The number of pyridine rings is 1. The summed E-state index contributed by atoms with van der Waals surface area (Å²) >= 11 is 0. The van der Waals surface area contributed by atoms with Crippen molar-refractivity contribution in [2.24, 2.45) is 5.73 Å². The minimum absolute atomic E-state index is 0.608. The molecule has 1 fully saturated rings. The number of nitrogens with one attached hydrogen (secondary N) is 1. The number of likely N-dealkylation sites (tertiary alicyclic amines) is 1. The molecule has 2 aromatic rings. The summed E-state index contributed by atoms with van der Waals surface area (Å²) in [5.41, 5.74) is 8.54. The molecule has 1 aromatic heterocycles. The summed E-state index contributed by atoms with van der Waals surface area (Å²) in [4.78, 5) is 7.33. The van der Waals surface area contributed by atoms with Crippen LogP contribution in [0.4, 0.5) is 5.82 Å². The zero-order valence-corrected chi connectivity index (χ0v) is 16.0. The van der Waals surface area contributed by atoms with Crippen molar-refractivity contribution < 1.29 is 5.11 Å². The molecule has 0 saturated carbocycles. The lowest BCUT2D eigenvalue weighted by molar-refractivity contribution is 0.153. The Morgan fingerprint density at radius 3 is 2.69 bits per heavy atom. The highest BCUT2D eigenvalue weighted by atomic mass is 16.3. The number of rotatable bonds is 7. The van der Waals surface area contributed by atoms with Crippen LogP contribution in [-0.4, -0.2) is 40.7 Å². The molecule has 1 aromatic carbocycles. The lowest BCUT2D eigenvalue weighted by Crippen LogP contribution is -2.39. The van der Waals surface area contributed by atoms with Crippen LogP contribution >= 0.6 is 0 Å². The summed E-state index contributed by atoms with van der Waals surface area (Å²) < 4.78 is 0. The van der Waals surface area contributed by atoms with Gasteiger partial charge in [0.05, 0.1) is 5.52 Å². The lowest BCUT2D eigenvalue weighted by Gasteiger charge is -2.34.